The second-order valence-electron chi connectivity index (χ2n) is 4.47. The molecule has 5 heteroatoms. The van der Waals surface area contributed by atoms with Crippen LogP contribution < -0.4 is 0 Å². The predicted molar refractivity (Wildman–Crippen MR) is 78.0 cm³/mol. The van der Waals surface area contributed by atoms with Crippen LogP contribution in [0.5, 0.6) is 0 Å². The standard InChI is InChI=1S/C16H20O5/c1-5-8-12-13(9-14(17)19-7-3)21-16(18)15(12)20-10-11(4)6-2/h5-6,9,11H,1-2,7-8,10H2,3-4H3/b13-9-. The maximum Gasteiger partial charge on any atom is 0.379 e. The summed E-state index contributed by atoms with van der Waals surface area (Å²) in [6, 6.07) is 0. The Balaban J connectivity index is 2.99. The van der Waals surface area contributed by atoms with Crippen LogP contribution >= 0.6 is 0 Å². The minimum absolute atomic E-state index is 0.0911. The molecular weight excluding hydrogens is 272 g/mol. The number of ether oxygens (including phenoxy) is 3. The lowest BCUT2D eigenvalue weighted by molar-refractivity contribution is -0.138. The molecule has 0 aromatic heterocycles. The van der Waals surface area contributed by atoms with E-state index in [1.54, 1.807) is 19.1 Å². The predicted octanol–water partition coefficient (Wildman–Crippen LogP) is 2.66. The average Bonchev–Trinajstić information content (AvgIpc) is 2.72. The summed E-state index contributed by atoms with van der Waals surface area (Å²) in [5.74, 6) is -0.826. The third-order valence-electron chi connectivity index (χ3n) is 2.74. The summed E-state index contributed by atoms with van der Waals surface area (Å²) < 4.78 is 15.4. The van der Waals surface area contributed by atoms with Crippen LogP contribution in [0.4, 0.5) is 0 Å². The van der Waals surface area contributed by atoms with Crippen molar-refractivity contribution < 1.29 is 23.8 Å². The first kappa shape index (κ1) is 16.8. The molecule has 1 rings (SSSR count). The Bertz CT molecular complexity index is 499. The fourth-order valence-electron chi connectivity index (χ4n) is 1.62. The Morgan fingerprint density at radius 3 is 2.71 bits per heavy atom. The molecule has 0 radical (unpaired) electrons. The molecule has 0 aromatic rings. The van der Waals surface area contributed by atoms with Crippen LogP contribution in [0.1, 0.15) is 20.3 Å². The number of rotatable bonds is 8. The molecule has 0 amide bonds. The van der Waals surface area contributed by atoms with Crippen LogP contribution in [0.25, 0.3) is 0 Å². The molecule has 0 saturated carbocycles. The van der Waals surface area contributed by atoms with Gasteiger partial charge in [-0.05, 0) is 13.3 Å². The highest BCUT2D eigenvalue weighted by Crippen LogP contribution is 2.30. The van der Waals surface area contributed by atoms with E-state index in [9.17, 15) is 9.59 Å². The maximum absolute atomic E-state index is 11.9. The first-order valence-electron chi connectivity index (χ1n) is 6.73. The van der Waals surface area contributed by atoms with E-state index in [0.717, 1.165) is 6.08 Å². The van der Waals surface area contributed by atoms with Gasteiger partial charge in [-0.15, -0.1) is 13.2 Å². The molecule has 0 saturated heterocycles. The van der Waals surface area contributed by atoms with Gasteiger partial charge in [0.2, 0.25) is 5.76 Å². The smallest absolute Gasteiger partial charge is 0.379 e. The molecule has 1 atom stereocenters. The fraction of sp³-hybridized carbons (Fsp3) is 0.375. The summed E-state index contributed by atoms with van der Waals surface area (Å²) in [5.41, 5.74) is 0.499. The van der Waals surface area contributed by atoms with Crippen LogP contribution in [0, 0.1) is 5.92 Å². The molecule has 21 heavy (non-hydrogen) atoms. The van der Waals surface area contributed by atoms with Gasteiger partial charge in [0, 0.05) is 11.5 Å². The molecule has 114 valence electrons. The molecule has 1 aliphatic rings. The second kappa shape index (κ2) is 8.09. The van der Waals surface area contributed by atoms with Crippen LogP contribution in [0.15, 0.2) is 48.5 Å². The van der Waals surface area contributed by atoms with Crippen LogP contribution in [-0.2, 0) is 23.8 Å². The largest absolute Gasteiger partial charge is 0.486 e. The molecule has 5 nitrogen and oxygen atoms in total. The summed E-state index contributed by atoms with van der Waals surface area (Å²) in [6.45, 7) is 11.4. The van der Waals surface area contributed by atoms with Crippen molar-refractivity contribution in [3.05, 3.63) is 48.5 Å². The zero-order valence-electron chi connectivity index (χ0n) is 12.4. The van der Waals surface area contributed by atoms with E-state index in [1.807, 2.05) is 6.92 Å². The normalized spacial score (nSPS) is 17.4. The molecule has 1 heterocycles. The van der Waals surface area contributed by atoms with E-state index in [0.29, 0.717) is 18.6 Å². The van der Waals surface area contributed by atoms with Crippen molar-refractivity contribution >= 4 is 11.9 Å². The fourth-order valence-corrected chi connectivity index (χ4v) is 1.62. The van der Waals surface area contributed by atoms with Gasteiger partial charge in [-0.3, -0.25) is 0 Å². The number of hydrogen-bond acceptors (Lipinski definition) is 5. The third kappa shape index (κ3) is 4.63. The van der Waals surface area contributed by atoms with Gasteiger partial charge in [0.15, 0.2) is 0 Å². The van der Waals surface area contributed by atoms with Gasteiger partial charge < -0.3 is 14.2 Å². The molecule has 0 aromatic carbocycles. The molecule has 0 aliphatic carbocycles. The number of esters is 2. The highest BCUT2D eigenvalue weighted by Gasteiger charge is 2.31. The lowest BCUT2D eigenvalue weighted by Gasteiger charge is -2.08. The number of cyclic esters (lactones) is 1. The molecule has 1 aliphatic heterocycles. The molecule has 0 N–H and O–H groups in total. The quantitative estimate of drug-likeness (QED) is 0.391. The van der Waals surface area contributed by atoms with E-state index in [4.69, 9.17) is 14.2 Å². The lowest BCUT2D eigenvalue weighted by Crippen LogP contribution is -2.08. The van der Waals surface area contributed by atoms with Crippen molar-refractivity contribution in [1.82, 2.24) is 0 Å². The van der Waals surface area contributed by atoms with Crippen molar-refractivity contribution in [3.63, 3.8) is 0 Å². The summed E-state index contributed by atoms with van der Waals surface area (Å²) in [7, 11) is 0. The van der Waals surface area contributed by atoms with E-state index in [1.165, 1.54) is 0 Å². The summed E-state index contributed by atoms with van der Waals surface area (Å²) >= 11 is 0. The van der Waals surface area contributed by atoms with Crippen LogP contribution in [0.3, 0.4) is 0 Å². The van der Waals surface area contributed by atoms with E-state index in [-0.39, 0.29) is 24.0 Å². The SMILES string of the molecule is C=CCC1=C(OCC(C)C=C)C(=O)O/C1=C\C(=O)OCC. The first-order valence-corrected chi connectivity index (χ1v) is 6.73. The van der Waals surface area contributed by atoms with Crippen molar-refractivity contribution in [3.8, 4) is 0 Å². The molecule has 0 bridgehead atoms. The maximum atomic E-state index is 11.9. The Morgan fingerprint density at radius 1 is 1.43 bits per heavy atom. The lowest BCUT2D eigenvalue weighted by atomic mass is 10.1. The highest BCUT2D eigenvalue weighted by atomic mass is 16.6. The average molecular weight is 292 g/mol. The van der Waals surface area contributed by atoms with Gasteiger partial charge in [-0.1, -0.05) is 19.1 Å². The van der Waals surface area contributed by atoms with Crippen molar-refractivity contribution in [2.24, 2.45) is 5.92 Å². The second-order valence-corrected chi connectivity index (χ2v) is 4.47. The van der Waals surface area contributed by atoms with Gasteiger partial charge in [-0.25, -0.2) is 9.59 Å². The Kier molecular flexibility index (Phi) is 6.46. The summed E-state index contributed by atoms with van der Waals surface area (Å²) in [4.78, 5) is 23.3. The third-order valence-corrected chi connectivity index (χ3v) is 2.74. The minimum atomic E-state index is -0.612. The first-order chi connectivity index (χ1) is 10.0. The molecule has 0 fully saturated rings. The van der Waals surface area contributed by atoms with Gasteiger partial charge in [0.1, 0.15) is 5.76 Å². The number of hydrogen-bond donors (Lipinski definition) is 0. The Labute approximate surface area is 124 Å². The van der Waals surface area contributed by atoms with Gasteiger partial charge in [-0.2, -0.15) is 0 Å². The van der Waals surface area contributed by atoms with Gasteiger partial charge in [0.25, 0.3) is 0 Å². The van der Waals surface area contributed by atoms with Crippen molar-refractivity contribution in [1.29, 1.82) is 0 Å². The van der Waals surface area contributed by atoms with E-state index < -0.39 is 11.9 Å². The van der Waals surface area contributed by atoms with Gasteiger partial charge in [0.05, 0.1) is 19.3 Å². The summed E-state index contributed by atoms with van der Waals surface area (Å²) in [6.07, 6.45) is 4.84. The monoisotopic (exact) mass is 292 g/mol. The van der Waals surface area contributed by atoms with E-state index >= 15 is 0 Å². The Hall–Kier alpha value is -2.30. The van der Waals surface area contributed by atoms with Crippen molar-refractivity contribution in [2.45, 2.75) is 20.3 Å². The van der Waals surface area contributed by atoms with Crippen LogP contribution in [0.2, 0.25) is 0 Å². The van der Waals surface area contributed by atoms with Gasteiger partial charge >= 0.3 is 11.9 Å². The number of carbonyl (C=O) groups excluding carboxylic acids is 2. The topological polar surface area (TPSA) is 61.8 Å². The zero-order chi connectivity index (χ0) is 15.8. The molecule has 1 unspecified atom stereocenters. The number of carbonyl (C=O) groups is 2. The van der Waals surface area contributed by atoms with Crippen molar-refractivity contribution in [2.75, 3.05) is 13.2 Å². The van der Waals surface area contributed by atoms with Crippen LogP contribution in [-0.4, -0.2) is 25.2 Å². The van der Waals surface area contributed by atoms with E-state index in [2.05, 4.69) is 13.2 Å². The highest BCUT2D eigenvalue weighted by molar-refractivity contribution is 5.94. The Morgan fingerprint density at radius 2 is 2.14 bits per heavy atom. The zero-order valence-corrected chi connectivity index (χ0v) is 12.4. The molecule has 0 spiro atoms. The number of allylic oxidation sites excluding steroid dienone is 2. The summed E-state index contributed by atoms with van der Waals surface area (Å²) in [5, 5.41) is 0. The minimum Gasteiger partial charge on any atom is -0.486 e. The molecular formula is C16H20O5.